The fourth-order valence-corrected chi connectivity index (χ4v) is 0.616. The van der Waals surface area contributed by atoms with Gasteiger partial charge in [0.15, 0.2) is 0 Å². The Labute approximate surface area is 78.1 Å². The molecule has 72 valence electrons. The number of allylic oxidation sites excluding steroid dienone is 2. The highest BCUT2D eigenvalue weighted by Crippen LogP contribution is 1.91. The second kappa shape index (κ2) is 7.28. The quantitative estimate of drug-likeness (QED) is 0.289. The highest BCUT2D eigenvalue weighted by Gasteiger charge is 2.04. The van der Waals surface area contributed by atoms with E-state index in [1.807, 2.05) is 6.92 Å². The number of rotatable bonds is 4. The lowest BCUT2D eigenvalue weighted by Crippen LogP contribution is -2.08. The standard InChI is InChI=1S/C10H14O3/c1-3-5-7-9(11)13-10(12)8-6-4-2/h3,5-6,8H,4,7H2,1-2H3. The molecule has 0 aliphatic rings. The van der Waals surface area contributed by atoms with E-state index in [0.717, 1.165) is 6.42 Å². The fraction of sp³-hybridized carbons (Fsp3) is 0.400. The van der Waals surface area contributed by atoms with Crippen LogP contribution in [0.2, 0.25) is 0 Å². The third-order valence-electron chi connectivity index (χ3n) is 1.22. The Morgan fingerprint density at radius 2 is 2.00 bits per heavy atom. The van der Waals surface area contributed by atoms with E-state index in [-0.39, 0.29) is 6.42 Å². The molecule has 0 N–H and O–H groups in total. The zero-order valence-electron chi connectivity index (χ0n) is 7.95. The molecule has 0 heterocycles. The highest BCUT2D eigenvalue weighted by molar-refractivity contribution is 5.92. The molecule has 0 unspecified atom stereocenters. The molecule has 0 radical (unpaired) electrons. The molecule has 0 saturated heterocycles. The van der Waals surface area contributed by atoms with Crippen LogP contribution in [0.25, 0.3) is 0 Å². The van der Waals surface area contributed by atoms with Gasteiger partial charge in [0.25, 0.3) is 0 Å². The van der Waals surface area contributed by atoms with Crippen molar-refractivity contribution in [1.29, 1.82) is 0 Å². The van der Waals surface area contributed by atoms with E-state index in [1.165, 1.54) is 6.08 Å². The van der Waals surface area contributed by atoms with Crippen molar-refractivity contribution in [2.45, 2.75) is 26.7 Å². The third-order valence-corrected chi connectivity index (χ3v) is 1.22. The second-order valence-corrected chi connectivity index (χ2v) is 2.38. The van der Waals surface area contributed by atoms with Gasteiger partial charge in [-0.3, -0.25) is 4.79 Å². The number of ether oxygens (including phenoxy) is 1. The number of carbonyl (C=O) groups excluding carboxylic acids is 2. The normalized spacial score (nSPS) is 10.9. The Bertz CT molecular complexity index is 226. The summed E-state index contributed by atoms with van der Waals surface area (Å²) in [6.45, 7) is 3.69. The summed E-state index contributed by atoms with van der Waals surface area (Å²) < 4.78 is 4.44. The van der Waals surface area contributed by atoms with Crippen LogP contribution in [0.4, 0.5) is 0 Å². The lowest BCUT2D eigenvalue weighted by atomic mass is 10.4. The van der Waals surface area contributed by atoms with Crippen LogP contribution in [-0.2, 0) is 14.3 Å². The van der Waals surface area contributed by atoms with Gasteiger partial charge in [0, 0.05) is 6.08 Å². The first-order valence-electron chi connectivity index (χ1n) is 4.23. The molecule has 0 aromatic heterocycles. The molecule has 0 saturated carbocycles. The van der Waals surface area contributed by atoms with Gasteiger partial charge in [-0.05, 0) is 13.3 Å². The average Bonchev–Trinajstić information content (AvgIpc) is 2.11. The van der Waals surface area contributed by atoms with Gasteiger partial charge in [0.05, 0.1) is 6.42 Å². The molecule has 0 spiro atoms. The van der Waals surface area contributed by atoms with Crippen molar-refractivity contribution in [1.82, 2.24) is 0 Å². The first kappa shape index (κ1) is 11.6. The Kier molecular flexibility index (Phi) is 6.51. The van der Waals surface area contributed by atoms with E-state index in [9.17, 15) is 9.59 Å². The van der Waals surface area contributed by atoms with Crippen molar-refractivity contribution >= 4 is 11.9 Å². The molecule has 13 heavy (non-hydrogen) atoms. The number of hydrogen-bond donors (Lipinski definition) is 0. The maximum absolute atomic E-state index is 10.8. The summed E-state index contributed by atoms with van der Waals surface area (Å²) in [6.07, 6.45) is 7.16. The predicted molar refractivity (Wildman–Crippen MR) is 50.0 cm³/mol. The summed E-state index contributed by atoms with van der Waals surface area (Å²) in [5.74, 6) is -1.12. The molecular formula is C10H14O3. The predicted octanol–water partition coefficient (Wildman–Crippen LogP) is 1.99. The first-order valence-corrected chi connectivity index (χ1v) is 4.23. The van der Waals surface area contributed by atoms with Crippen LogP contribution in [0.15, 0.2) is 24.3 Å². The summed E-state index contributed by atoms with van der Waals surface area (Å²) in [6, 6.07) is 0. The van der Waals surface area contributed by atoms with E-state index in [1.54, 1.807) is 25.2 Å². The largest absolute Gasteiger partial charge is 0.390 e. The Morgan fingerprint density at radius 1 is 1.31 bits per heavy atom. The molecule has 3 heteroatoms. The van der Waals surface area contributed by atoms with Crippen molar-refractivity contribution < 1.29 is 14.3 Å². The van der Waals surface area contributed by atoms with Crippen LogP contribution in [0.5, 0.6) is 0 Å². The molecule has 0 amide bonds. The molecular weight excluding hydrogens is 168 g/mol. The minimum absolute atomic E-state index is 0.141. The smallest absolute Gasteiger partial charge is 0.338 e. The van der Waals surface area contributed by atoms with E-state index in [4.69, 9.17) is 0 Å². The lowest BCUT2D eigenvalue weighted by Gasteiger charge is -1.95. The van der Waals surface area contributed by atoms with Crippen LogP contribution in [0.3, 0.4) is 0 Å². The zero-order valence-corrected chi connectivity index (χ0v) is 7.95. The van der Waals surface area contributed by atoms with Gasteiger partial charge in [-0.1, -0.05) is 25.2 Å². The molecule has 3 nitrogen and oxygen atoms in total. The molecule has 0 aromatic rings. The molecule has 0 aliphatic carbocycles. The summed E-state index contributed by atoms with van der Waals surface area (Å²) in [5, 5.41) is 0. The highest BCUT2D eigenvalue weighted by atomic mass is 16.6. The van der Waals surface area contributed by atoms with Crippen LogP contribution in [0, 0.1) is 0 Å². The molecule has 0 bridgehead atoms. The van der Waals surface area contributed by atoms with Crippen LogP contribution in [0.1, 0.15) is 26.7 Å². The monoisotopic (exact) mass is 182 g/mol. The minimum Gasteiger partial charge on any atom is -0.390 e. The Balaban J connectivity index is 3.78. The summed E-state index contributed by atoms with van der Waals surface area (Å²) in [7, 11) is 0. The molecule has 0 aliphatic heterocycles. The lowest BCUT2D eigenvalue weighted by molar-refractivity contribution is -0.155. The number of carbonyl (C=O) groups is 2. The van der Waals surface area contributed by atoms with E-state index < -0.39 is 11.9 Å². The number of hydrogen-bond acceptors (Lipinski definition) is 3. The van der Waals surface area contributed by atoms with Gasteiger partial charge in [0.2, 0.25) is 0 Å². The van der Waals surface area contributed by atoms with Gasteiger partial charge in [-0.2, -0.15) is 0 Å². The molecule has 0 fully saturated rings. The van der Waals surface area contributed by atoms with Crippen LogP contribution >= 0.6 is 0 Å². The topological polar surface area (TPSA) is 43.4 Å². The van der Waals surface area contributed by atoms with Gasteiger partial charge < -0.3 is 4.74 Å². The average molecular weight is 182 g/mol. The Hall–Kier alpha value is -1.38. The van der Waals surface area contributed by atoms with Gasteiger partial charge in [0.1, 0.15) is 0 Å². The molecule has 0 rings (SSSR count). The zero-order chi connectivity index (χ0) is 10.1. The van der Waals surface area contributed by atoms with Gasteiger partial charge in [-0.15, -0.1) is 0 Å². The maximum Gasteiger partial charge on any atom is 0.338 e. The maximum atomic E-state index is 10.8. The van der Waals surface area contributed by atoms with E-state index in [0.29, 0.717) is 0 Å². The summed E-state index contributed by atoms with van der Waals surface area (Å²) in [5.41, 5.74) is 0. The molecule has 0 aromatic carbocycles. The first-order chi connectivity index (χ1) is 6.20. The van der Waals surface area contributed by atoms with Crippen molar-refractivity contribution in [3.05, 3.63) is 24.3 Å². The van der Waals surface area contributed by atoms with Crippen molar-refractivity contribution in [2.75, 3.05) is 0 Å². The summed E-state index contributed by atoms with van der Waals surface area (Å²) >= 11 is 0. The van der Waals surface area contributed by atoms with Crippen molar-refractivity contribution in [3.8, 4) is 0 Å². The van der Waals surface area contributed by atoms with Crippen molar-refractivity contribution in [2.24, 2.45) is 0 Å². The SMILES string of the molecule is CC=CCC(=O)OC(=O)C=CCC. The summed E-state index contributed by atoms with van der Waals surface area (Å²) in [4.78, 5) is 21.7. The molecule has 0 atom stereocenters. The third kappa shape index (κ3) is 7.00. The van der Waals surface area contributed by atoms with Gasteiger partial charge >= 0.3 is 11.9 Å². The van der Waals surface area contributed by atoms with Gasteiger partial charge in [-0.25, -0.2) is 4.79 Å². The minimum atomic E-state index is -0.601. The second-order valence-electron chi connectivity index (χ2n) is 2.38. The van der Waals surface area contributed by atoms with E-state index >= 15 is 0 Å². The number of esters is 2. The van der Waals surface area contributed by atoms with Crippen LogP contribution < -0.4 is 0 Å². The fourth-order valence-electron chi connectivity index (χ4n) is 0.616. The van der Waals surface area contributed by atoms with Crippen LogP contribution in [-0.4, -0.2) is 11.9 Å². The van der Waals surface area contributed by atoms with E-state index in [2.05, 4.69) is 4.74 Å². The Morgan fingerprint density at radius 3 is 2.54 bits per heavy atom. The van der Waals surface area contributed by atoms with Crippen molar-refractivity contribution in [3.63, 3.8) is 0 Å².